The van der Waals surface area contributed by atoms with Gasteiger partial charge >= 0.3 is 0 Å². The molecular formula is C20H15Cl2N3O2. The van der Waals surface area contributed by atoms with Gasteiger partial charge in [0.25, 0.3) is 5.91 Å². The predicted molar refractivity (Wildman–Crippen MR) is 107 cm³/mol. The van der Waals surface area contributed by atoms with Gasteiger partial charge in [-0.3, -0.25) is 14.7 Å². The van der Waals surface area contributed by atoms with Crippen molar-refractivity contribution in [3.05, 3.63) is 82.1 Å². The number of pyridine rings is 1. The van der Waals surface area contributed by atoms with E-state index in [4.69, 9.17) is 27.9 Å². The van der Waals surface area contributed by atoms with E-state index in [9.17, 15) is 4.79 Å². The highest BCUT2D eigenvalue weighted by atomic mass is 35.5. The first-order valence-electron chi connectivity index (χ1n) is 8.22. The Morgan fingerprint density at radius 3 is 2.59 bits per heavy atom. The molecular weight excluding hydrogens is 385 g/mol. The summed E-state index contributed by atoms with van der Waals surface area (Å²) < 4.78 is 5.30. The number of rotatable bonds is 4. The van der Waals surface area contributed by atoms with Crippen LogP contribution in [0, 0.1) is 0 Å². The van der Waals surface area contributed by atoms with E-state index in [0.717, 1.165) is 0 Å². The lowest BCUT2D eigenvalue weighted by molar-refractivity contribution is 0.0993. The largest absolute Gasteiger partial charge is 0.497 e. The normalized spacial score (nSPS) is 15.6. The van der Waals surface area contributed by atoms with E-state index >= 15 is 0 Å². The average molecular weight is 400 g/mol. The number of hydrogen-bond acceptors (Lipinski definition) is 4. The molecule has 0 saturated carbocycles. The van der Waals surface area contributed by atoms with Crippen molar-refractivity contribution in [3.63, 3.8) is 0 Å². The molecule has 1 amide bonds. The summed E-state index contributed by atoms with van der Waals surface area (Å²) in [5.74, 6) is 0.519. The molecule has 0 saturated heterocycles. The minimum atomic E-state index is -0.504. The van der Waals surface area contributed by atoms with Crippen LogP contribution >= 0.6 is 23.2 Å². The Labute approximate surface area is 166 Å². The molecule has 0 radical (unpaired) electrons. The number of halogens is 2. The van der Waals surface area contributed by atoms with Crippen LogP contribution in [0.3, 0.4) is 0 Å². The van der Waals surface area contributed by atoms with Crippen LogP contribution in [0.15, 0.2) is 60.8 Å². The van der Waals surface area contributed by atoms with Crippen LogP contribution in [0.5, 0.6) is 5.75 Å². The zero-order valence-electron chi connectivity index (χ0n) is 14.3. The summed E-state index contributed by atoms with van der Waals surface area (Å²) in [5.41, 5.74) is 2.58. The van der Waals surface area contributed by atoms with E-state index < -0.39 is 6.17 Å². The summed E-state index contributed by atoms with van der Waals surface area (Å²) in [4.78, 5) is 19.2. The lowest BCUT2D eigenvalue weighted by Gasteiger charge is -2.27. The number of hydrogen-bond donors (Lipinski definition) is 1. The molecule has 27 heavy (non-hydrogen) atoms. The highest BCUT2D eigenvalue weighted by Crippen LogP contribution is 2.38. The van der Waals surface area contributed by atoms with Crippen molar-refractivity contribution in [1.29, 1.82) is 0 Å². The van der Waals surface area contributed by atoms with Crippen LogP contribution in [-0.2, 0) is 0 Å². The summed E-state index contributed by atoms with van der Waals surface area (Å²) in [7, 11) is 1.59. The number of fused-ring (bicyclic) bond motifs is 1. The third-order valence-electron chi connectivity index (χ3n) is 4.30. The topological polar surface area (TPSA) is 54.5 Å². The number of amides is 1. The Morgan fingerprint density at radius 1 is 1.07 bits per heavy atom. The molecule has 1 atom stereocenters. The molecule has 0 spiro atoms. The zero-order valence-corrected chi connectivity index (χ0v) is 15.8. The van der Waals surface area contributed by atoms with Gasteiger partial charge in [0.05, 0.1) is 24.1 Å². The summed E-state index contributed by atoms with van der Waals surface area (Å²) in [6.07, 6.45) is 1.16. The number of carbonyl (C=O) groups excluding carboxylic acids is 1. The predicted octanol–water partition coefficient (Wildman–Crippen LogP) is 5.17. The van der Waals surface area contributed by atoms with Gasteiger partial charge in [-0.25, -0.2) is 0 Å². The quantitative estimate of drug-likeness (QED) is 0.657. The molecule has 2 heterocycles. The van der Waals surface area contributed by atoms with Crippen molar-refractivity contribution in [2.75, 3.05) is 17.3 Å². The minimum absolute atomic E-state index is 0.142. The summed E-state index contributed by atoms with van der Waals surface area (Å²) in [6.45, 7) is 0. The molecule has 1 aliphatic heterocycles. The van der Waals surface area contributed by atoms with Gasteiger partial charge < -0.3 is 10.1 Å². The fraction of sp³-hybridized carbons (Fsp3) is 0.100. The first kappa shape index (κ1) is 17.6. The maximum absolute atomic E-state index is 13.1. The number of benzene rings is 2. The van der Waals surface area contributed by atoms with E-state index in [1.807, 2.05) is 24.3 Å². The maximum Gasteiger partial charge on any atom is 0.262 e. The fourth-order valence-corrected chi connectivity index (χ4v) is 3.67. The van der Waals surface area contributed by atoms with Crippen molar-refractivity contribution in [2.24, 2.45) is 0 Å². The highest BCUT2D eigenvalue weighted by molar-refractivity contribution is 6.35. The molecule has 1 unspecified atom stereocenters. The van der Waals surface area contributed by atoms with Gasteiger partial charge in [-0.1, -0.05) is 29.3 Å². The molecule has 4 rings (SSSR count). The monoisotopic (exact) mass is 399 g/mol. The Morgan fingerprint density at radius 2 is 1.85 bits per heavy atom. The van der Waals surface area contributed by atoms with Gasteiger partial charge in [-0.05, 0) is 42.5 Å². The standard InChI is InChI=1S/C20H15Cl2N3O2/c1-27-16-5-2-4-15(11-16)25-19(18-17(20(25)26)6-3-7-23-18)24-14-9-12(21)8-13(22)10-14/h2-11,19,24H,1H3. The van der Waals surface area contributed by atoms with Crippen LogP contribution in [0.4, 0.5) is 11.4 Å². The first-order chi connectivity index (χ1) is 13.1. The third kappa shape index (κ3) is 3.31. The van der Waals surface area contributed by atoms with Crippen molar-refractivity contribution < 1.29 is 9.53 Å². The molecule has 7 heteroatoms. The van der Waals surface area contributed by atoms with Gasteiger partial charge in [-0.15, -0.1) is 0 Å². The lowest BCUT2D eigenvalue weighted by Crippen LogP contribution is -2.32. The number of methoxy groups -OCH3 is 1. The molecule has 1 N–H and O–H groups in total. The van der Waals surface area contributed by atoms with Gasteiger partial charge in [0.1, 0.15) is 5.75 Å². The van der Waals surface area contributed by atoms with Crippen molar-refractivity contribution >= 4 is 40.5 Å². The van der Waals surface area contributed by atoms with Crippen molar-refractivity contribution in [2.45, 2.75) is 6.17 Å². The van der Waals surface area contributed by atoms with Crippen LogP contribution in [0.25, 0.3) is 0 Å². The van der Waals surface area contributed by atoms with Crippen molar-refractivity contribution in [3.8, 4) is 5.75 Å². The molecule has 0 bridgehead atoms. The number of ether oxygens (including phenoxy) is 1. The highest BCUT2D eigenvalue weighted by Gasteiger charge is 2.39. The van der Waals surface area contributed by atoms with Crippen LogP contribution in [-0.4, -0.2) is 18.0 Å². The SMILES string of the molecule is COc1cccc(N2C(=O)c3cccnc3C2Nc2cc(Cl)cc(Cl)c2)c1. The summed E-state index contributed by atoms with van der Waals surface area (Å²) in [6, 6.07) is 16.0. The van der Waals surface area contributed by atoms with E-state index in [1.165, 1.54) is 0 Å². The molecule has 2 aromatic carbocycles. The van der Waals surface area contributed by atoms with E-state index in [2.05, 4.69) is 10.3 Å². The number of aromatic nitrogens is 1. The van der Waals surface area contributed by atoms with Gasteiger partial charge in [-0.2, -0.15) is 0 Å². The van der Waals surface area contributed by atoms with E-state index in [-0.39, 0.29) is 5.91 Å². The smallest absolute Gasteiger partial charge is 0.262 e. The second-order valence-corrected chi connectivity index (χ2v) is 6.89. The van der Waals surface area contributed by atoms with Gasteiger partial charge in [0, 0.05) is 28.0 Å². The Balaban J connectivity index is 1.80. The molecule has 3 aromatic rings. The maximum atomic E-state index is 13.1. The zero-order chi connectivity index (χ0) is 19.0. The number of carbonyl (C=O) groups is 1. The average Bonchev–Trinajstić information content (AvgIpc) is 2.93. The molecule has 0 aliphatic carbocycles. The number of nitrogens with zero attached hydrogens (tertiary/aromatic N) is 2. The van der Waals surface area contributed by atoms with Crippen LogP contribution in [0.1, 0.15) is 22.2 Å². The third-order valence-corrected chi connectivity index (χ3v) is 4.74. The Bertz CT molecular complexity index is 1010. The van der Waals surface area contributed by atoms with Crippen LogP contribution < -0.4 is 15.0 Å². The Kier molecular flexibility index (Phi) is 4.64. The van der Waals surface area contributed by atoms with Crippen molar-refractivity contribution in [1.82, 2.24) is 4.98 Å². The molecule has 1 aliphatic rings. The van der Waals surface area contributed by atoms with E-state index in [0.29, 0.717) is 38.4 Å². The van der Waals surface area contributed by atoms with Crippen LogP contribution in [0.2, 0.25) is 10.0 Å². The molecule has 5 nitrogen and oxygen atoms in total. The van der Waals surface area contributed by atoms with Gasteiger partial charge in [0.15, 0.2) is 6.17 Å². The molecule has 0 fully saturated rings. The second-order valence-electron chi connectivity index (χ2n) is 6.02. The first-order valence-corrected chi connectivity index (χ1v) is 8.97. The van der Waals surface area contributed by atoms with E-state index in [1.54, 1.807) is 48.5 Å². The number of nitrogens with one attached hydrogen (secondary N) is 1. The fourth-order valence-electron chi connectivity index (χ4n) is 3.14. The number of anilines is 2. The lowest BCUT2D eigenvalue weighted by atomic mass is 10.2. The second kappa shape index (κ2) is 7.10. The molecule has 136 valence electrons. The molecule has 1 aromatic heterocycles. The van der Waals surface area contributed by atoms with Gasteiger partial charge in [0.2, 0.25) is 0 Å². The summed E-state index contributed by atoms with van der Waals surface area (Å²) >= 11 is 12.2. The Hall–Kier alpha value is -2.76. The minimum Gasteiger partial charge on any atom is -0.497 e. The summed E-state index contributed by atoms with van der Waals surface area (Å²) in [5, 5.41) is 4.33.